The van der Waals surface area contributed by atoms with Gasteiger partial charge >= 0.3 is 5.97 Å². The van der Waals surface area contributed by atoms with Gasteiger partial charge in [0.15, 0.2) is 0 Å². The lowest BCUT2D eigenvalue weighted by atomic mass is 10.2. The third kappa shape index (κ3) is 3.41. The molecule has 2 rings (SSSR count). The predicted molar refractivity (Wildman–Crippen MR) is 68.0 cm³/mol. The summed E-state index contributed by atoms with van der Waals surface area (Å²) in [5, 5.41) is 9.13. The van der Waals surface area contributed by atoms with Gasteiger partial charge in [0, 0.05) is 6.04 Å². The van der Waals surface area contributed by atoms with Crippen molar-refractivity contribution in [3.05, 3.63) is 23.2 Å². The van der Waals surface area contributed by atoms with Gasteiger partial charge in [0.2, 0.25) is 0 Å². The summed E-state index contributed by atoms with van der Waals surface area (Å²) >= 11 is 5.61. The normalized spacial score (nSPS) is 15.4. The summed E-state index contributed by atoms with van der Waals surface area (Å²) in [6, 6.07) is -0.0268. The second kappa shape index (κ2) is 5.97. The molecule has 0 aromatic carbocycles. The van der Waals surface area contributed by atoms with E-state index in [2.05, 4.69) is 9.97 Å². The highest BCUT2D eigenvalue weighted by Gasteiger charge is 2.29. The number of amides is 1. The monoisotopic (exact) mass is 283 g/mol. The Morgan fingerprint density at radius 1 is 1.32 bits per heavy atom. The quantitative estimate of drug-likeness (QED) is 0.907. The molecule has 1 amide bonds. The maximum atomic E-state index is 12.3. The summed E-state index contributed by atoms with van der Waals surface area (Å²) in [7, 11) is 0. The van der Waals surface area contributed by atoms with Crippen LogP contribution in [0.2, 0.25) is 5.15 Å². The zero-order valence-electron chi connectivity index (χ0n) is 10.3. The fourth-order valence-electron chi connectivity index (χ4n) is 2.30. The molecular formula is C12H14ClN3O3. The molecule has 7 heteroatoms. The summed E-state index contributed by atoms with van der Waals surface area (Å²) in [5.41, 5.74) is 0.123. The van der Waals surface area contributed by atoms with Crippen molar-refractivity contribution < 1.29 is 14.7 Å². The third-order valence-electron chi connectivity index (χ3n) is 3.17. The van der Waals surface area contributed by atoms with Crippen LogP contribution in [-0.2, 0) is 4.79 Å². The summed E-state index contributed by atoms with van der Waals surface area (Å²) in [6.07, 6.45) is 6.25. The molecule has 19 heavy (non-hydrogen) atoms. The number of aromatic nitrogens is 2. The highest BCUT2D eigenvalue weighted by Crippen LogP contribution is 2.24. The number of carboxylic acid groups (broad SMARTS) is 1. The molecule has 0 bridgehead atoms. The Morgan fingerprint density at radius 2 is 2.00 bits per heavy atom. The Kier molecular flexibility index (Phi) is 4.31. The molecule has 1 saturated carbocycles. The topological polar surface area (TPSA) is 83.4 Å². The highest BCUT2D eigenvalue weighted by atomic mass is 35.5. The van der Waals surface area contributed by atoms with Gasteiger partial charge in [-0.05, 0) is 12.8 Å². The van der Waals surface area contributed by atoms with Crippen molar-refractivity contribution in [3.8, 4) is 0 Å². The number of aliphatic carboxylic acids is 1. The zero-order valence-corrected chi connectivity index (χ0v) is 11.0. The minimum atomic E-state index is -1.03. The standard InChI is InChI=1S/C12H14ClN3O3/c13-10-6-14-9(5-15-10)12(19)16(7-11(17)18)8-3-1-2-4-8/h5-6,8H,1-4,7H2,(H,17,18). The van der Waals surface area contributed by atoms with Crippen LogP contribution in [0, 0.1) is 0 Å². The van der Waals surface area contributed by atoms with E-state index in [1.54, 1.807) is 0 Å². The second-order valence-electron chi connectivity index (χ2n) is 4.49. The lowest BCUT2D eigenvalue weighted by Gasteiger charge is -2.26. The molecule has 0 unspecified atom stereocenters. The fraction of sp³-hybridized carbons (Fsp3) is 0.500. The molecule has 1 heterocycles. The number of rotatable bonds is 4. The van der Waals surface area contributed by atoms with Gasteiger partial charge in [-0.2, -0.15) is 0 Å². The van der Waals surface area contributed by atoms with Gasteiger partial charge in [-0.3, -0.25) is 9.59 Å². The first-order valence-corrected chi connectivity index (χ1v) is 6.46. The molecule has 0 radical (unpaired) electrons. The lowest BCUT2D eigenvalue weighted by molar-refractivity contribution is -0.138. The van der Waals surface area contributed by atoms with Gasteiger partial charge in [-0.25, -0.2) is 9.97 Å². The van der Waals surface area contributed by atoms with E-state index >= 15 is 0 Å². The summed E-state index contributed by atoms with van der Waals surface area (Å²) in [6.45, 7) is -0.312. The van der Waals surface area contributed by atoms with E-state index in [9.17, 15) is 9.59 Å². The summed E-state index contributed by atoms with van der Waals surface area (Å²) in [4.78, 5) is 32.3. The number of hydrogen-bond donors (Lipinski definition) is 1. The van der Waals surface area contributed by atoms with Crippen molar-refractivity contribution in [2.24, 2.45) is 0 Å². The Morgan fingerprint density at radius 3 is 2.53 bits per heavy atom. The maximum Gasteiger partial charge on any atom is 0.323 e. The van der Waals surface area contributed by atoms with E-state index in [1.807, 2.05) is 0 Å². The van der Waals surface area contributed by atoms with Crippen molar-refractivity contribution in [1.82, 2.24) is 14.9 Å². The van der Waals surface area contributed by atoms with E-state index in [4.69, 9.17) is 16.7 Å². The van der Waals surface area contributed by atoms with E-state index in [0.717, 1.165) is 25.7 Å². The van der Waals surface area contributed by atoms with Crippen LogP contribution in [-0.4, -0.2) is 44.4 Å². The molecule has 1 aliphatic rings. The van der Waals surface area contributed by atoms with Gasteiger partial charge in [0.05, 0.1) is 12.4 Å². The minimum Gasteiger partial charge on any atom is -0.480 e. The van der Waals surface area contributed by atoms with Gasteiger partial charge in [0.1, 0.15) is 17.4 Å². The van der Waals surface area contributed by atoms with Crippen LogP contribution in [0.1, 0.15) is 36.2 Å². The molecule has 1 N–H and O–H groups in total. The average molecular weight is 284 g/mol. The third-order valence-corrected chi connectivity index (χ3v) is 3.37. The fourth-order valence-corrected chi connectivity index (χ4v) is 2.40. The first kappa shape index (κ1) is 13.7. The molecule has 0 spiro atoms. The number of nitrogens with zero attached hydrogens (tertiary/aromatic N) is 3. The van der Waals surface area contributed by atoms with Crippen molar-refractivity contribution in [2.75, 3.05) is 6.54 Å². The van der Waals surface area contributed by atoms with Gasteiger partial charge in [0.25, 0.3) is 5.91 Å². The van der Waals surface area contributed by atoms with Crippen molar-refractivity contribution in [3.63, 3.8) is 0 Å². The zero-order chi connectivity index (χ0) is 13.8. The first-order chi connectivity index (χ1) is 9.08. The Labute approximate surface area is 115 Å². The van der Waals surface area contributed by atoms with Crippen molar-refractivity contribution in [2.45, 2.75) is 31.7 Å². The molecule has 1 fully saturated rings. The van der Waals surface area contributed by atoms with Crippen molar-refractivity contribution >= 4 is 23.5 Å². The van der Waals surface area contributed by atoms with E-state index in [1.165, 1.54) is 17.3 Å². The Bertz CT molecular complexity index is 472. The average Bonchev–Trinajstić information content (AvgIpc) is 2.89. The van der Waals surface area contributed by atoms with Crippen LogP contribution in [0.25, 0.3) is 0 Å². The number of hydrogen-bond acceptors (Lipinski definition) is 4. The molecule has 0 atom stereocenters. The molecule has 1 aliphatic carbocycles. The van der Waals surface area contributed by atoms with Gasteiger partial charge in [-0.1, -0.05) is 24.4 Å². The van der Waals surface area contributed by atoms with E-state index in [-0.39, 0.29) is 23.4 Å². The number of carbonyl (C=O) groups excluding carboxylic acids is 1. The number of carboxylic acids is 1. The smallest absolute Gasteiger partial charge is 0.323 e. The molecule has 1 aromatic heterocycles. The molecule has 0 saturated heterocycles. The molecule has 0 aliphatic heterocycles. The number of carbonyl (C=O) groups is 2. The predicted octanol–water partition coefficient (Wildman–Crippen LogP) is 1.60. The molecule has 102 valence electrons. The van der Waals surface area contributed by atoms with Crippen LogP contribution in [0.15, 0.2) is 12.4 Å². The van der Waals surface area contributed by atoms with Crippen LogP contribution < -0.4 is 0 Å². The van der Waals surface area contributed by atoms with Gasteiger partial charge in [-0.15, -0.1) is 0 Å². The molecular weight excluding hydrogens is 270 g/mol. The van der Waals surface area contributed by atoms with Crippen LogP contribution in [0.5, 0.6) is 0 Å². The van der Waals surface area contributed by atoms with Crippen LogP contribution in [0.4, 0.5) is 0 Å². The maximum absolute atomic E-state index is 12.3. The highest BCUT2D eigenvalue weighted by molar-refractivity contribution is 6.29. The van der Waals surface area contributed by atoms with E-state index in [0.29, 0.717) is 0 Å². The largest absolute Gasteiger partial charge is 0.480 e. The minimum absolute atomic E-state index is 0.0268. The van der Waals surface area contributed by atoms with Crippen molar-refractivity contribution in [1.29, 1.82) is 0 Å². The molecule has 1 aromatic rings. The van der Waals surface area contributed by atoms with Crippen LogP contribution in [0.3, 0.4) is 0 Å². The lowest BCUT2D eigenvalue weighted by Crippen LogP contribution is -2.42. The summed E-state index contributed by atoms with van der Waals surface area (Å²) < 4.78 is 0. The first-order valence-electron chi connectivity index (χ1n) is 6.08. The number of halogens is 1. The van der Waals surface area contributed by atoms with Gasteiger partial charge < -0.3 is 10.0 Å². The summed E-state index contributed by atoms with van der Waals surface area (Å²) in [5.74, 6) is -1.43. The second-order valence-corrected chi connectivity index (χ2v) is 4.88. The van der Waals surface area contributed by atoms with E-state index < -0.39 is 11.9 Å². The molecule has 6 nitrogen and oxygen atoms in total. The Balaban J connectivity index is 2.18. The van der Waals surface area contributed by atoms with Crippen LogP contribution >= 0.6 is 11.6 Å². The Hall–Kier alpha value is -1.69. The SMILES string of the molecule is O=C(O)CN(C(=O)c1cnc(Cl)cn1)C1CCCC1.